The number of nitrogens with zero attached hydrogens (tertiary/aromatic N) is 2. The molecule has 3 saturated heterocycles. The van der Waals surface area contributed by atoms with E-state index >= 15 is 0 Å². The van der Waals surface area contributed by atoms with Crippen molar-refractivity contribution >= 4 is 25.8 Å². The number of aliphatic hydroxyl groups is 1. The lowest BCUT2D eigenvalue weighted by Gasteiger charge is -2.38. The molecule has 5 atom stereocenters. The van der Waals surface area contributed by atoms with Gasteiger partial charge in [0.15, 0.2) is 8.32 Å². The van der Waals surface area contributed by atoms with Crippen LogP contribution in [0.25, 0.3) is 0 Å². The summed E-state index contributed by atoms with van der Waals surface area (Å²) in [5.41, 5.74) is -4.58. The monoisotopic (exact) mass is 524 g/mol. The van der Waals surface area contributed by atoms with E-state index < -0.39 is 66.6 Å². The van der Waals surface area contributed by atoms with Gasteiger partial charge in [0.05, 0.1) is 46.4 Å². The number of rotatable bonds is 5. The summed E-state index contributed by atoms with van der Waals surface area (Å²) < 4.78 is 53.2. The van der Waals surface area contributed by atoms with Gasteiger partial charge < -0.3 is 14.3 Å². The fourth-order valence-corrected chi connectivity index (χ4v) is 6.62. The van der Waals surface area contributed by atoms with Gasteiger partial charge >= 0.3 is 6.18 Å². The number of ether oxygens (including phenoxy) is 1. The number of anilines is 1. The van der Waals surface area contributed by atoms with Crippen molar-refractivity contribution in [1.29, 1.82) is 5.26 Å². The first-order chi connectivity index (χ1) is 16.4. The molecule has 2 unspecified atom stereocenters. The lowest BCUT2D eigenvalue weighted by atomic mass is 9.66. The second kappa shape index (κ2) is 8.12. The zero-order chi connectivity index (χ0) is 27.1. The van der Waals surface area contributed by atoms with E-state index in [9.17, 15) is 27.9 Å². The number of aliphatic hydroxyl groups excluding tert-OH is 1. The van der Waals surface area contributed by atoms with E-state index in [2.05, 4.69) is 33.9 Å². The summed E-state index contributed by atoms with van der Waals surface area (Å²) in [6.07, 6.45) is -5.47. The number of alkyl halides is 3. The molecule has 11 heteroatoms. The summed E-state index contributed by atoms with van der Waals surface area (Å²) in [6, 6.07) is 4.28. The fourth-order valence-electron chi connectivity index (χ4n) is 5.58. The van der Waals surface area contributed by atoms with Gasteiger partial charge in [0.2, 0.25) is 11.8 Å². The number of carbonyl (C=O) groups is 2. The zero-order valence-corrected chi connectivity index (χ0v) is 22.2. The number of carbonyl (C=O) groups excluding carboxylic acids is 2. The number of amides is 2. The highest BCUT2D eigenvalue weighted by Crippen LogP contribution is 2.62. The molecule has 3 fully saturated rings. The molecule has 0 aliphatic carbocycles. The SMILES string of the molecule is CC12OC(CCO[Si](C)(C)C(C)(C)C)(C[C@H]1O)[C@@H]1C(=O)N(c3ccc(C#N)c(C(F)(F)F)c3)C(=O)[C@@H]12. The maximum Gasteiger partial charge on any atom is 0.417 e. The lowest BCUT2D eigenvalue weighted by molar-refractivity contribution is -0.138. The van der Waals surface area contributed by atoms with E-state index in [1.54, 1.807) is 6.92 Å². The van der Waals surface area contributed by atoms with Gasteiger partial charge in [-0.05, 0) is 49.7 Å². The molecular formula is C25H31F3N2O5Si. The van der Waals surface area contributed by atoms with Crippen LogP contribution in [0.1, 0.15) is 51.7 Å². The summed E-state index contributed by atoms with van der Waals surface area (Å²) in [4.78, 5) is 27.9. The van der Waals surface area contributed by atoms with Gasteiger partial charge in [0, 0.05) is 13.0 Å². The number of hydrogen-bond donors (Lipinski definition) is 1. The Morgan fingerprint density at radius 2 is 1.83 bits per heavy atom. The molecule has 0 spiro atoms. The predicted molar refractivity (Wildman–Crippen MR) is 126 cm³/mol. The van der Waals surface area contributed by atoms with Crippen LogP contribution in [-0.4, -0.2) is 49.2 Å². The van der Waals surface area contributed by atoms with E-state index in [1.807, 2.05) is 0 Å². The smallest absolute Gasteiger partial charge is 0.417 e. The maximum absolute atomic E-state index is 13.6. The average molecular weight is 525 g/mol. The number of fused-ring (bicyclic) bond motifs is 5. The Kier molecular flexibility index (Phi) is 6.04. The second-order valence-electron chi connectivity index (χ2n) is 11.7. The van der Waals surface area contributed by atoms with Crippen molar-refractivity contribution in [3.63, 3.8) is 0 Å². The highest BCUT2D eigenvalue weighted by atomic mass is 28.4. The molecule has 7 nitrogen and oxygen atoms in total. The highest BCUT2D eigenvalue weighted by molar-refractivity contribution is 6.74. The van der Waals surface area contributed by atoms with E-state index in [0.29, 0.717) is 6.07 Å². The Balaban J connectivity index is 1.68. The number of halogens is 3. The molecule has 1 aromatic rings. The number of hydrogen-bond acceptors (Lipinski definition) is 6. The molecule has 196 valence electrons. The van der Waals surface area contributed by atoms with Crippen LogP contribution >= 0.6 is 0 Å². The van der Waals surface area contributed by atoms with E-state index in [0.717, 1.165) is 11.0 Å². The topological polar surface area (TPSA) is 99.9 Å². The minimum Gasteiger partial charge on any atom is -0.417 e. The molecule has 3 heterocycles. The normalized spacial score (nSPS) is 32.2. The van der Waals surface area contributed by atoms with Crippen molar-refractivity contribution in [2.24, 2.45) is 11.8 Å². The molecule has 0 saturated carbocycles. The number of imide groups is 1. The van der Waals surface area contributed by atoms with Crippen molar-refractivity contribution in [2.45, 2.75) is 82.2 Å². The Bertz CT molecular complexity index is 1160. The van der Waals surface area contributed by atoms with E-state index in [-0.39, 0.29) is 30.2 Å². The van der Waals surface area contributed by atoms with Crippen LogP contribution < -0.4 is 4.90 Å². The maximum atomic E-state index is 13.6. The first-order valence-corrected chi connectivity index (χ1v) is 14.8. The Morgan fingerprint density at radius 3 is 2.39 bits per heavy atom. The summed E-state index contributed by atoms with van der Waals surface area (Å²) in [5.74, 6) is -3.36. The number of nitriles is 1. The van der Waals surface area contributed by atoms with E-state index in [1.165, 1.54) is 12.1 Å². The van der Waals surface area contributed by atoms with Crippen LogP contribution in [0.3, 0.4) is 0 Å². The summed E-state index contributed by atoms with van der Waals surface area (Å²) >= 11 is 0. The molecule has 0 radical (unpaired) electrons. The largest absolute Gasteiger partial charge is 0.417 e. The molecule has 3 aliphatic rings. The quantitative estimate of drug-likeness (QED) is 0.453. The van der Waals surface area contributed by atoms with Crippen LogP contribution in [0.2, 0.25) is 18.1 Å². The predicted octanol–water partition coefficient (Wildman–Crippen LogP) is 4.39. The second-order valence-corrected chi connectivity index (χ2v) is 16.5. The van der Waals surface area contributed by atoms with Crippen molar-refractivity contribution in [3.8, 4) is 6.07 Å². The first kappa shape index (κ1) is 26.8. The van der Waals surface area contributed by atoms with Gasteiger partial charge in [-0.15, -0.1) is 0 Å². The third kappa shape index (κ3) is 3.81. The lowest BCUT2D eigenvalue weighted by Crippen LogP contribution is -2.50. The van der Waals surface area contributed by atoms with Crippen LogP contribution in [0.5, 0.6) is 0 Å². The molecular weight excluding hydrogens is 493 g/mol. The molecule has 36 heavy (non-hydrogen) atoms. The summed E-state index contributed by atoms with van der Waals surface area (Å²) in [5, 5.41) is 19.9. The molecule has 2 amide bonds. The van der Waals surface area contributed by atoms with Crippen molar-refractivity contribution in [3.05, 3.63) is 29.3 Å². The summed E-state index contributed by atoms with van der Waals surface area (Å²) in [7, 11) is -2.12. The minimum absolute atomic E-state index is 0.0465. The Labute approximate surface area is 209 Å². The van der Waals surface area contributed by atoms with Crippen LogP contribution in [-0.2, 0) is 24.9 Å². The van der Waals surface area contributed by atoms with Crippen LogP contribution in [0.4, 0.5) is 18.9 Å². The Morgan fingerprint density at radius 1 is 1.22 bits per heavy atom. The molecule has 3 aliphatic heterocycles. The average Bonchev–Trinajstić information content (AvgIpc) is 3.27. The van der Waals surface area contributed by atoms with Crippen LogP contribution in [0, 0.1) is 23.2 Å². The van der Waals surface area contributed by atoms with Gasteiger partial charge in [-0.25, -0.2) is 4.90 Å². The van der Waals surface area contributed by atoms with Gasteiger partial charge in [0.1, 0.15) is 5.60 Å². The molecule has 1 N–H and O–H groups in total. The van der Waals surface area contributed by atoms with Crippen LogP contribution in [0.15, 0.2) is 18.2 Å². The third-order valence-corrected chi connectivity index (χ3v) is 13.1. The zero-order valence-electron chi connectivity index (χ0n) is 21.2. The van der Waals surface area contributed by atoms with Gasteiger partial charge in [-0.2, -0.15) is 18.4 Å². The standard InChI is InChI=1S/C25H31F3N2O5Si/c1-22(2,3)36(5,6)34-10-9-24-12-17(31)23(4,35-24)18-19(24)21(33)30(20(18)32)15-8-7-14(13-29)16(11-15)25(26,27)28/h7-8,11,17-19,31H,9-10,12H2,1-6H3/t17-,18-,19+,23?,24?/m1/s1. The fraction of sp³-hybridized carbons (Fsp3) is 0.640. The van der Waals surface area contributed by atoms with Crippen molar-refractivity contribution < 1.29 is 37.0 Å². The molecule has 2 bridgehead atoms. The van der Waals surface area contributed by atoms with Gasteiger partial charge in [-0.3, -0.25) is 9.59 Å². The minimum atomic E-state index is -4.84. The Hall–Kier alpha value is -2.26. The van der Waals surface area contributed by atoms with Crippen molar-refractivity contribution in [1.82, 2.24) is 0 Å². The molecule has 4 rings (SSSR count). The molecule has 1 aromatic carbocycles. The van der Waals surface area contributed by atoms with Gasteiger partial charge in [0.25, 0.3) is 0 Å². The van der Waals surface area contributed by atoms with E-state index in [4.69, 9.17) is 14.4 Å². The number of benzene rings is 1. The first-order valence-electron chi connectivity index (χ1n) is 11.9. The highest BCUT2D eigenvalue weighted by Gasteiger charge is 2.77. The molecule has 0 aromatic heterocycles. The van der Waals surface area contributed by atoms with Gasteiger partial charge in [-0.1, -0.05) is 20.8 Å². The summed E-state index contributed by atoms with van der Waals surface area (Å²) in [6.45, 7) is 12.3. The third-order valence-electron chi connectivity index (χ3n) is 8.60. The van der Waals surface area contributed by atoms with Crippen molar-refractivity contribution in [2.75, 3.05) is 11.5 Å².